The predicted molar refractivity (Wildman–Crippen MR) is 110 cm³/mol. The molecule has 1 aliphatic rings. The molecular formula is C22H29N3O4. The Morgan fingerprint density at radius 2 is 1.86 bits per heavy atom. The molecule has 29 heavy (non-hydrogen) atoms. The number of nitrogens with zero attached hydrogens (tertiary/aromatic N) is 1. The fraction of sp³-hybridized carbons (Fsp3) is 0.455. The van der Waals surface area contributed by atoms with E-state index in [2.05, 4.69) is 15.5 Å². The Morgan fingerprint density at radius 3 is 2.48 bits per heavy atom. The summed E-state index contributed by atoms with van der Waals surface area (Å²) in [5.41, 5.74) is 1.14. The first kappa shape index (κ1) is 20.9. The van der Waals surface area contributed by atoms with Gasteiger partial charge >= 0.3 is 0 Å². The number of amides is 2. The molecule has 7 heteroatoms. The lowest BCUT2D eigenvalue weighted by molar-refractivity contribution is -0.122. The summed E-state index contributed by atoms with van der Waals surface area (Å²) < 4.78 is 10.3. The van der Waals surface area contributed by atoms with Crippen molar-refractivity contribution in [3.8, 4) is 5.75 Å². The molecule has 1 fully saturated rings. The number of carbonyl (C=O) groups is 2. The van der Waals surface area contributed by atoms with Crippen molar-refractivity contribution in [2.24, 2.45) is 0 Å². The van der Waals surface area contributed by atoms with Gasteiger partial charge in [0, 0.05) is 6.54 Å². The number of piperidine rings is 1. The third-order valence-corrected chi connectivity index (χ3v) is 5.29. The van der Waals surface area contributed by atoms with Gasteiger partial charge in [-0.05, 0) is 62.7 Å². The van der Waals surface area contributed by atoms with Gasteiger partial charge in [0.1, 0.15) is 11.8 Å². The molecule has 0 saturated carbocycles. The maximum atomic E-state index is 12.6. The van der Waals surface area contributed by atoms with Gasteiger partial charge in [0.05, 0.1) is 19.4 Å². The molecule has 2 atom stereocenters. The van der Waals surface area contributed by atoms with E-state index >= 15 is 0 Å². The lowest BCUT2D eigenvalue weighted by atomic mass is 10.0. The number of hydrogen-bond donors (Lipinski definition) is 2. The second kappa shape index (κ2) is 10.1. The first-order valence-corrected chi connectivity index (χ1v) is 10.1. The predicted octanol–water partition coefficient (Wildman–Crippen LogP) is 2.75. The van der Waals surface area contributed by atoms with Crippen molar-refractivity contribution in [1.82, 2.24) is 15.5 Å². The highest BCUT2D eigenvalue weighted by Gasteiger charge is 2.24. The van der Waals surface area contributed by atoms with Crippen LogP contribution in [0.2, 0.25) is 0 Å². The van der Waals surface area contributed by atoms with E-state index in [-0.39, 0.29) is 17.7 Å². The van der Waals surface area contributed by atoms with Crippen molar-refractivity contribution in [3.63, 3.8) is 0 Å². The maximum Gasteiger partial charge on any atom is 0.287 e. The van der Waals surface area contributed by atoms with Crippen LogP contribution in [0.3, 0.4) is 0 Å². The summed E-state index contributed by atoms with van der Waals surface area (Å²) in [6, 6.07) is 10.6. The highest BCUT2D eigenvalue weighted by molar-refractivity contribution is 5.95. The van der Waals surface area contributed by atoms with Gasteiger partial charge in [0.25, 0.3) is 5.91 Å². The van der Waals surface area contributed by atoms with E-state index in [0.29, 0.717) is 6.54 Å². The van der Waals surface area contributed by atoms with Crippen molar-refractivity contribution < 1.29 is 18.7 Å². The van der Waals surface area contributed by atoms with Crippen molar-refractivity contribution in [2.45, 2.75) is 38.3 Å². The van der Waals surface area contributed by atoms with Gasteiger partial charge in [-0.1, -0.05) is 18.6 Å². The van der Waals surface area contributed by atoms with E-state index in [1.165, 1.54) is 12.7 Å². The second-order valence-corrected chi connectivity index (χ2v) is 7.30. The van der Waals surface area contributed by atoms with Crippen molar-refractivity contribution in [3.05, 3.63) is 54.0 Å². The molecule has 0 bridgehead atoms. The Balaban J connectivity index is 1.62. The van der Waals surface area contributed by atoms with Crippen LogP contribution in [0.25, 0.3) is 0 Å². The Bertz CT molecular complexity index is 783. The Kier molecular flexibility index (Phi) is 7.30. The molecule has 0 spiro atoms. The number of hydrogen-bond acceptors (Lipinski definition) is 5. The van der Waals surface area contributed by atoms with E-state index in [9.17, 15) is 9.59 Å². The smallest absolute Gasteiger partial charge is 0.287 e. The largest absolute Gasteiger partial charge is 0.497 e. The SMILES string of the molecule is COc1ccc([C@@H](CNC(=O)[C@@H](C)NC(=O)c2ccco2)N2CCCCC2)cc1. The van der Waals surface area contributed by atoms with Gasteiger partial charge in [0.2, 0.25) is 5.91 Å². The quantitative estimate of drug-likeness (QED) is 0.713. The van der Waals surface area contributed by atoms with Crippen LogP contribution >= 0.6 is 0 Å². The summed E-state index contributed by atoms with van der Waals surface area (Å²) in [6.07, 6.45) is 5.00. The van der Waals surface area contributed by atoms with E-state index in [1.807, 2.05) is 24.3 Å². The summed E-state index contributed by atoms with van der Waals surface area (Å²) in [4.78, 5) is 27.1. The molecule has 3 rings (SSSR count). The molecule has 2 aromatic rings. The molecule has 2 heterocycles. The first-order chi connectivity index (χ1) is 14.1. The molecule has 1 aromatic carbocycles. The van der Waals surface area contributed by atoms with Crippen molar-refractivity contribution >= 4 is 11.8 Å². The van der Waals surface area contributed by atoms with Gasteiger partial charge in [0.15, 0.2) is 5.76 Å². The highest BCUT2D eigenvalue weighted by atomic mass is 16.5. The third-order valence-electron chi connectivity index (χ3n) is 5.29. The molecule has 2 N–H and O–H groups in total. The average Bonchev–Trinajstić information content (AvgIpc) is 3.30. The van der Waals surface area contributed by atoms with Crippen LogP contribution in [0.4, 0.5) is 0 Å². The normalized spacial score (nSPS) is 16.6. The van der Waals surface area contributed by atoms with Crippen LogP contribution in [0.5, 0.6) is 5.75 Å². The minimum atomic E-state index is -0.662. The first-order valence-electron chi connectivity index (χ1n) is 10.1. The molecule has 2 amide bonds. The second-order valence-electron chi connectivity index (χ2n) is 7.30. The van der Waals surface area contributed by atoms with Crippen LogP contribution in [0, 0.1) is 0 Å². The molecule has 7 nitrogen and oxygen atoms in total. The summed E-state index contributed by atoms with van der Waals surface area (Å²) in [5, 5.41) is 5.67. The number of likely N-dealkylation sites (tertiary alicyclic amines) is 1. The fourth-order valence-electron chi connectivity index (χ4n) is 3.61. The van der Waals surface area contributed by atoms with E-state index in [4.69, 9.17) is 9.15 Å². The Hall–Kier alpha value is -2.80. The zero-order valence-electron chi connectivity index (χ0n) is 17.0. The Morgan fingerprint density at radius 1 is 1.14 bits per heavy atom. The number of carbonyl (C=O) groups excluding carboxylic acids is 2. The van der Waals surface area contributed by atoms with Crippen molar-refractivity contribution in [2.75, 3.05) is 26.7 Å². The molecule has 156 valence electrons. The van der Waals surface area contributed by atoms with Crippen LogP contribution < -0.4 is 15.4 Å². The maximum absolute atomic E-state index is 12.6. The van der Waals surface area contributed by atoms with Gasteiger partial charge in [-0.3, -0.25) is 14.5 Å². The topological polar surface area (TPSA) is 83.8 Å². The minimum Gasteiger partial charge on any atom is -0.497 e. The number of methoxy groups -OCH3 is 1. The summed E-state index contributed by atoms with van der Waals surface area (Å²) >= 11 is 0. The lowest BCUT2D eigenvalue weighted by Crippen LogP contribution is -2.47. The van der Waals surface area contributed by atoms with E-state index < -0.39 is 11.9 Å². The molecule has 1 aromatic heterocycles. The zero-order chi connectivity index (χ0) is 20.6. The molecule has 1 saturated heterocycles. The summed E-state index contributed by atoms with van der Waals surface area (Å²) in [7, 11) is 1.65. The molecule has 0 unspecified atom stereocenters. The lowest BCUT2D eigenvalue weighted by Gasteiger charge is -2.35. The van der Waals surface area contributed by atoms with Gasteiger partial charge in [-0.25, -0.2) is 0 Å². The standard InChI is InChI=1S/C22H29N3O4/c1-16(24-22(27)20-7-6-14-29-20)21(26)23-15-19(25-12-4-3-5-13-25)17-8-10-18(28-2)11-9-17/h6-11,14,16,19H,3-5,12-13,15H2,1-2H3,(H,23,26)(H,24,27)/t16-,19-/m1/s1. The number of rotatable bonds is 8. The summed E-state index contributed by atoms with van der Waals surface area (Å²) in [6.45, 7) is 4.17. The number of benzene rings is 1. The van der Waals surface area contributed by atoms with Crippen LogP contribution in [0.15, 0.2) is 47.1 Å². The van der Waals surface area contributed by atoms with E-state index in [0.717, 1.165) is 37.2 Å². The fourth-order valence-corrected chi connectivity index (χ4v) is 3.61. The molecule has 0 aliphatic carbocycles. The minimum absolute atomic E-state index is 0.0816. The average molecular weight is 399 g/mol. The van der Waals surface area contributed by atoms with Gasteiger partial charge < -0.3 is 19.8 Å². The molecular weight excluding hydrogens is 370 g/mol. The Labute approximate surface area is 171 Å². The zero-order valence-corrected chi connectivity index (χ0v) is 17.0. The monoisotopic (exact) mass is 399 g/mol. The van der Waals surface area contributed by atoms with Crippen LogP contribution in [-0.2, 0) is 4.79 Å². The van der Waals surface area contributed by atoms with Crippen LogP contribution in [-0.4, -0.2) is 49.5 Å². The number of ether oxygens (including phenoxy) is 1. The number of nitrogens with one attached hydrogen (secondary N) is 2. The van der Waals surface area contributed by atoms with E-state index in [1.54, 1.807) is 26.2 Å². The van der Waals surface area contributed by atoms with Gasteiger partial charge in [-0.2, -0.15) is 0 Å². The van der Waals surface area contributed by atoms with Gasteiger partial charge in [-0.15, -0.1) is 0 Å². The highest BCUT2D eigenvalue weighted by Crippen LogP contribution is 2.25. The molecule has 0 radical (unpaired) electrons. The third kappa shape index (κ3) is 5.60. The molecule has 1 aliphatic heterocycles. The van der Waals surface area contributed by atoms with Crippen molar-refractivity contribution in [1.29, 1.82) is 0 Å². The van der Waals surface area contributed by atoms with Crippen LogP contribution in [0.1, 0.15) is 48.3 Å². The number of furan rings is 1. The summed E-state index contributed by atoms with van der Waals surface area (Å²) in [5.74, 6) is 0.374.